The van der Waals surface area contributed by atoms with Gasteiger partial charge in [-0.25, -0.2) is 0 Å². The highest BCUT2D eigenvalue weighted by Crippen LogP contribution is 2.27. The zero-order chi connectivity index (χ0) is 14.5. The summed E-state index contributed by atoms with van der Waals surface area (Å²) in [6.07, 6.45) is 5.96. The number of rotatable bonds is 6. The van der Waals surface area contributed by atoms with Crippen molar-refractivity contribution in [1.29, 1.82) is 0 Å². The molecule has 2 heterocycles. The second-order valence-corrected chi connectivity index (χ2v) is 5.61. The smallest absolute Gasteiger partial charge is 0.0823 e. The predicted octanol–water partition coefficient (Wildman–Crippen LogP) is 3.02. The highest BCUT2D eigenvalue weighted by atomic mass is 16.5. The Labute approximate surface area is 122 Å². The third-order valence-electron chi connectivity index (χ3n) is 4.22. The molecule has 114 valence electrons. The van der Waals surface area contributed by atoms with Crippen LogP contribution in [0.15, 0.2) is 0 Å². The minimum absolute atomic E-state index is 0.283. The number of aromatic nitrogens is 2. The molecule has 4 nitrogen and oxygen atoms in total. The molecule has 1 aliphatic heterocycles. The molecule has 0 saturated carbocycles. The maximum Gasteiger partial charge on any atom is 0.0823 e. The van der Waals surface area contributed by atoms with E-state index in [1.807, 2.05) is 6.92 Å². The summed E-state index contributed by atoms with van der Waals surface area (Å²) >= 11 is 0. The Morgan fingerprint density at radius 1 is 1.30 bits per heavy atom. The van der Waals surface area contributed by atoms with E-state index in [1.54, 1.807) is 0 Å². The number of hydrogen-bond donors (Lipinski definition) is 1. The first-order valence-electron chi connectivity index (χ1n) is 8.09. The molecular formula is C16H28N2O2. The van der Waals surface area contributed by atoms with Crippen molar-refractivity contribution >= 4 is 0 Å². The average Bonchev–Trinajstić information content (AvgIpc) is 2.85. The van der Waals surface area contributed by atoms with Gasteiger partial charge in [0, 0.05) is 17.9 Å². The van der Waals surface area contributed by atoms with Gasteiger partial charge in [0.15, 0.2) is 0 Å². The summed E-state index contributed by atoms with van der Waals surface area (Å²) in [7, 11) is 0. The van der Waals surface area contributed by atoms with E-state index in [4.69, 9.17) is 9.84 Å². The normalized spacial score (nSPS) is 21.1. The minimum Gasteiger partial charge on any atom is -0.388 e. The molecule has 1 aromatic heterocycles. The highest BCUT2D eigenvalue weighted by Gasteiger charge is 2.23. The van der Waals surface area contributed by atoms with Crippen molar-refractivity contribution < 1.29 is 9.84 Å². The van der Waals surface area contributed by atoms with E-state index in [9.17, 15) is 5.11 Å². The molecule has 20 heavy (non-hydrogen) atoms. The number of aliphatic hydroxyl groups excluding tert-OH is 1. The molecule has 2 atom stereocenters. The van der Waals surface area contributed by atoms with E-state index in [0.717, 1.165) is 50.1 Å². The van der Waals surface area contributed by atoms with E-state index in [-0.39, 0.29) is 12.2 Å². The first-order valence-corrected chi connectivity index (χ1v) is 8.09. The molecule has 0 bridgehead atoms. The lowest BCUT2D eigenvalue weighted by Gasteiger charge is -2.23. The van der Waals surface area contributed by atoms with Crippen molar-refractivity contribution in [2.75, 3.05) is 6.61 Å². The van der Waals surface area contributed by atoms with Crippen LogP contribution in [0.4, 0.5) is 0 Å². The summed E-state index contributed by atoms with van der Waals surface area (Å²) in [5, 5.41) is 15.0. The van der Waals surface area contributed by atoms with Crippen molar-refractivity contribution in [2.24, 2.45) is 0 Å². The van der Waals surface area contributed by atoms with E-state index in [0.29, 0.717) is 0 Å². The van der Waals surface area contributed by atoms with Gasteiger partial charge in [-0.1, -0.05) is 20.8 Å². The fourth-order valence-electron chi connectivity index (χ4n) is 3.08. The van der Waals surface area contributed by atoms with Crippen LogP contribution in [0, 0.1) is 0 Å². The van der Waals surface area contributed by atoms with Gasteiger partial charge in [-0.05, 0) is 38.5 Å². The Bertz CT molecular complexity index is 422. The summed E-state index contributed by atoms with van der Waals surface area (Å²) in [6, 6.07) is 0. The topological polar surface area (TPSA) is 47.3 Å². The van der Waals surface area contributed by atoms with Gasteiger partial charge in [0.25, 0.3) is 0 Å². The summed E-state index contributed by atoms with van der Waals surface area (Å²) in [6.45, 7) is 7.96. The lowest BCUT2D eigenvalue weighted by Crippen LogP contribution is -2.26. The van der Waals surface area contributed by atoms with Crippen LogP contribution in [-0.4, -0.2) is 27.6 Å². The maximum absolute atomic E-state index is 10.3. The molecule has 0 amide bonds. The number of nitrogens with zero attached hydrogens (tertiary/aromatic N) is 2. The molecule has 2 rings (SSSR count). The highest BCUT2D eigenvalue weighted by molar-refractivity contribution is 5.29. The molecule has 1 fully saturated rings. The van der Waals surface area contributed by atoms with Crippen molar-refractivity contribution in [2.45, 2.75) is 78.0 Å². The molecule has 0 radical (unpaired) electrons. The molecule has 1 aromatic rings. The first kappa shape index (κ1) is 15.5. The standard InChI is InChI=1S/C16H28N2O2/c1-4-13-16(15(19)6-3)14(5-2)18(17-13)11-12-9-7-8-10-20-12/h12,15,19H,4-11H2,1-3H3. The van der Waals surface area contributed by atoms with Crippen LogP contribution in [0.5, 0.6) is 0 Å². The van der Waals surface area contributed by atoms with Gasteiger partial charge in [-0.2, -0.15) is 5.10 Å². The quantitative estimate of drug-likeness (QED) is 0.871. The van der Waals surface area contributed by atoms with Crippen LogP contribution >= 0.6 is 0 Å². The van der Waals surface area contributed by atoms with Crippen molar-refractivity contribution in [3.05, 3.63) is 17.0 Å². The van der Waals surface area contributed by atoms with E-state index < -0.39 is 0 Å². The second-order valence-electron chi connectivity index (χ2n) is 5.61. The van der Waals surface area contributed by atoms with E-state index in [1.165, 1.54) is 18.5 Å². The van der Waals surface area contributed by atoms with Gasteiger partial charge < -0.3 is 9.84 Å². The Kier molecular flexibility index (Phi) is 5.61. The van der Waals surface area contributed by atoms with Crippen molar-refractivity contribution in [1.82, 2.24) is 9.78 Å². The Balaban J connectivity index is 2.25. The number of ether oxygens (including phenoxy) is 1. The van der Waals surface area contributed by atoms with Gasteiger partial charge in [0.2, 0.25) is 0 Å². The van der Waals surface area contributed by atoms with Gasteiger partial charge in [-0.3, -0.25) is 4.68 Å². The van der Waals surface area contributed by atoms with Gasteiger partial charge in [0.1, 0.15) is 0 Å². The van der Waals surface area contributed by atoms with Gasteiger partial charge in [0.05, 0.1) is 24.4 Å². The molecular weight excluding hydrogens is 252 g/mol. The lowest BCUT2D eigenvalue weighted by molar-refractivity contribution is 0.00343. The molecule has 1 aliphatic rings. The van der Waals surface area contributed by atoms with Crippen LogP contribution in [-0.2, 0) is 24.1 Å². The lowest BCUT2D eigenvalue weighted by atomic mass is 10.0. The van der Waals surface area contributed by atoms with Crippen LogP contribution in [0.2, 0.25) is 0 Å². The second kappa shape index (κ2) is 7.23. The largest absolute Gasteiger partial charge is 0.388 e. The summed E-state index contributed by atoms with van der Waals surface area (Å²) in [5.74, 6) is 0. The fourth-order valence-corrected chi connectivity index (χ4v) is 3.08. The average molecular weight is 280 g/mol. The van der Waals surface area contributed by atoms with Gasteiger partial charge in [-0.15, -0.1) is 0 Å². The SMILES string of the molecule is CCc1nn(CC2CCCCO2)c(CC)c1C(O)CC. The summed E-state index contributed by atoms with van der Waals surface area (Å²) < 4.78 is 7.91. The van der Waals surface area contributed by atoms with Gasteiger partial charge >= 0.3 is 0 Å². The summed E-state index contributed by atoms with van der Waals surface area (Å²) in [5.41, 5.74) is 3.30. The van der Waals surface area contributed by atoms with E-state index >= 15 is 0 Å². The van der Waals surface area contributed by atoms with Crippen LogP contribution in [0.25, 0.3) is 0 Å². The number of hydrogen-bond acceptors (Lipinski definition) is 3. The third kappa shape index (κ3) is 3.23. The molecule has 4 heteroatoms. The minimum atomic E-state index is -0.388. The summed E-state index contributed by atoms with van der Waals surface area (Å²) in [4.78, 5) is 0. The molecule has 0 spiro atoms. The number of aryl methyl sites for hydroxylation is 1. The first-order chi connectivity index (χ1) is 9.71. The molecule has 0 aliphatic carbocycles. The third-order valence-corrected chi connectivity index (χ3v) is 4.22. The maximum atomic E-state index is 10.3. The molecule has 1 saturated heterocycles. The van der Waals surface area contributed by atoms with Crippen LogP contribution in [0.3, 0.4) is 0 Å². The van der Waals surface area contributed by atoms with Crippen LogP contribution in [0.1, 0.15) is 69.5 Å². The fraction of sp³-hybridized carbons (Fsp3) is 0.812. The molecule has 0 aromatic carbocycles. The van der Waals surface area contributed by atoms with E-state index in [2.05, 4.69) is 18.5 Å². The molecule has 2 unspecified atom stereocenters. The predicted molar refractivity (Wildman–Crippen MR) is 79.8 cm³/mol. The number of aliphatic hydroxyl groups is 1. The monoisotopic (exact) mass is 280 g/mol. The molecule has 1 N–H and O–H groups in total. The Morgan fingerprint density at radius 2 is 2.10 bits per heavy atom. The zero-order valence-corrected chi connectivity index (χ0v) is 13.1. The van der Waals surface area contributed by atoms with Crippen LogP contribution < -0.4 is 0 Å². The van der Waals surface area contributed by atoms with Crippen molar-refractivity contribution in [3.8, 4) is 0 Å². The zero-order valence-electron chi connectivity index (χ0n) is 13.1. The van der Waals surface area contributed by atoms with Crippen molar-refractivity contribution in [3.63, 3.8) is 0 Å². The Hall–Kier alpha value is -0.870. The Morgan fingerprint density at radius 3 is 2.65 bits per heavy atom.